The molecule has 1 aromatic carbocycles. The van der Waals surface area contributed by atoms with Gasteiger partial charge in [0.15, 0.2) is 0 Å². The molecule has 1 aliphatic rings. The van der Waals surface area contributed by atoms with Gasteiger partial charge in [-0.25, -0.2) is 0 Å². The van der Waals surface area contributed by atoms with E-state index in [1.54, 1.807) is 6.92 Å². The van der Waals surface area contributed by atoms with Crippen molar-refractivity contribution in [3.05, 3.63) is 29.8 Å². The summed E-state index contributed by atoms with van der Waals surface area (Å²) in [6.07, 6.45) is 0. The first-order chi connectivity index (χ1) is 10.9. The second kappa shape index (κ2) is 7.36. The lowest BCUT2D eigenvalue weighted by Crippen LogP contribution is -2.41. The number of carboxylic acid groups (broad SMARTS) is 2. The zero-order valence-electron chi connectivity index (χ0n) is 15.0. The number of hydrogen-bond donors (Lipinski definition) is 2. The lowest BCUT2D eigenvalue weighted by molar-refractivity contribution is -0.138. The van der Waals surface area contributed by atoms with E-state index in [0.29, 0.717) is 0 Å². The van der Waals surface area contributed by atoms with Crippen LogP contribution >= 0.6 is 0 Å². The molecule has 24 heavy (non-hydrogen) atoms. The molecule has 0 amide bonds. The van der Waals surface area contributed by atoms with Crippen molar-refractivity contribution in [1.82, 2.24) is 0 Å². The molecular weight excluding hydrogens is 311 g/mol. The molecule has 0 aliphatic carbocycles. The van der Waals surface area contributed by atoms with E-state index in [9.17, 15) is 4.79 Å². The van der Waals surface area contributed by atoms with Crippen LogP contribution in [0.3, 0.4) is 0 Å². The van der Waals surface area contributed by atoms with Gasteiger partial charge in [-0.3, -0.25) is 9.59 Å². The van der Waals surface area contributed by atoms with Crippen LogP contribution in [0.25, 0.3) is 0 Å². The van der Waals surface area contributed by atoms with E-state index in [1.165, 1.54) is 0 Å². The fourth-order valence-corrected chi connectivity index (χ4v) is 2.06. The molecule has 1 heterocycles. The van der Waals surface area contributed by atoms with Gasteiger partial charge < -0.3 is 19.5 Å². The van der Waals surface area contributed by atoms with Crippen LogP contribution in [0.5, 0.6) is 0 Å². The van der Waals surface area contributed by atoms with Crippen molar-refractivity contribution in [1.29, 1.82) is 0 Å². The minimum atomic E-state index is -0.833. The summed E-state index contributed by atoms with van der Waals surface area (Å²) in [5.74, 6) is -2.17. The molecule has 0 aromatic heterocycles. The summed E-state index contributed by atoms with van der Waals surface area (Å²) in [6.45, 7) is 10.8. The van der Waals surface area contributed by atoms with Crippen LogP contribution in [0.1, 0.15) is 53.0 Å². The molecule has 1 aliphatic heterocycles. The standard InChI is InChI=1S/C15H21BO4.C2H4O2/c1-10(13(17)18)11-6-8-12(9-7-11)16-19-14(2,3)15(4,5)20-16;1-2(3)4/h6-10H,1-5H3,(H,17,18);1H3,(H,3,4). The molecule has 0 bridgehead atoms. The first kappa shape index (κ1) is 20.2. The van der Waals surface area contributed by atoms with Crippen molar-refractivity contribution in [2.75, 3.05) is 0 Å². The molecule has 6 nitrogen and oxygen atoms in total. The molecule has 0 saturated carbocycles. The zero-order valence-corrected chi connectivity index (χ0v) is 15.0. The Hall–Kier alpha value is -1.86. The highest BCUT2D eigenvalue weighted by molar-refractivity contribution is 6.62. The third-order valence-electron chi connectivity index (χ3n) is 4.33. The molecule has 132 valence electrons. The quantitative estimate of drug-likeness (QED) is 0.823. The molecule has 1 fully saturated rings. The number of carbonyl (C=O) groups is 2. The molecule has 1 atom stereocenters. The third kappa shape index (κ3) is 4.82. The third-order valence-corrected chi connectivity index (χ3v) is 4.33. The van der Waals surface area contributed by atoms with E-state index in [1.807, 2.05) is 52.0 Å². The average molecular weight is 336 g/mol. The predicted octanol–water partition coefficient (Wildman–Crippen LogP) is 2.26. The minimum Gasteiger partial charge on any atom is -0.481 e. The average Bonchev–Trinajstić information content (AvgIpc) is 2.66. The summed E-state index contributed by atoms with van der Waals surface area (Å²) in [6, 6.07) is 7.38. The van der Waals surface area contributed by atoms with Crippen LogP contribution in [0.2, 0.25) is 0 Å². The smallest absolute Gasteiger partial charge is 0.481 e. The largest absolute Gasteiger partial charge is 0.494 e. The van der Waals surface area contributed by atoms with Gasteiger partial charge in [0, 0.05) is 6.92 Å². The van der Waals surface area contributed by atoms with Gasteiger partial charge in [0.25, 0.3) is 5.97 Å². The lowest BCUT2D eigenvalue weighted by Gasteiger charge is -2.32. The highest BCUT2D eigenvalue weighted by Crippen LogP contribution is 2.36. The number of benzene rings is 1. The molecule has 2 N–H and O–H groups in total. The van der Waals surface area contributed by atoms with Gasteiger partial charge in [-0.15, -0.1) is 0 Å². The molecule has 0 spiro atoms. The highest BCUT2D eigenvalue weighted by atomic mass is 16.7. The van der Waals surface area contributed by atoms with Crippen LogP contribution in [0.15, 0.2) is 24.3 Å². The van der Waals surface area contributed by atoms with Gasteiger partial charge >= 0.3 is 13.1 Å². The summed E-state index contributed by atoms with van der Waals surface area (Å²) >= 11 is 0. The molecule has 7 heteroatoms. The van der Waals surface area contributed by atoms with E-state index in [4.69, 9.17) is 24.3 Å². The van der Waals surface area contributed by atoms with Crippen molar-refractivity contribution < 1.29 is 29.1 Å². The first-order valence-electron chi connectivity index (χ1n) is 7.75. The van der Waals surface area contributed by atoms with Gasteiger partial charge in [-0.2, -0.15) is 0 Å². The second-order valence-corrected chi connectivity index (χ2v) is 6.83. The summed E-state index contributed by atoms with van der Waals surface area (Å²) in [7, 11) is -0.408. The van der Waals surface area contributed by atoms with Gasteiger partial charge in [0.05, 0.1) is 17.1 Å². The summed E-state index contributed by atoms with van der Waals surface area (Å²) < 4.78 is 11.9. The Morgan fingerprint density at radius 1 is 1.00 bits per heavy atom. The van der Waals surface area contributed by atoms with E-state index >= 15 is 0 Å². The Morgan fingerprint density at radius 2 is 1.38 bits per heavy atom. The first-order valence-corrected chi connectivity index (χ1v) is 7.75. The Morgan fingerprint density at radius 3 is 1.71 bits per heavy atom. The van der Waals surface area contributed by atoms with Crippen LogP contribution in [-0.2, 0) is 18.9 Å². The van der Waals surface area contributed by atoms with Crippen molar-refractivity contribution in [2.24, 2.45) is 0 Å². The van der Waals surface area contributed by atoms with E-state index in [-0.39, 0.29) is 11.2 Å². The minimum absolute atomic E-state index is 0.370. The predicted molar refractivity (Wildman–Crippen MR) is 91.5 cm³/mol. The van der Waals surface area contributed by atoms with Crippen molar-refractivity contribution in [3.8, 4) is 0 Å². The fourth-order valence-electron chi connectivity index (χ4n) is 2.06. The normalized spacial score (nSPS) is 19.2. The van der Waals surface area contributed by atoms with E-state index < -0.39 is 25.0 Å². The van der Waals surface area contributed by atoms with E-state index in [2.05, 4.69) is 0 Å². The lowest BCUT2D eigenvalue weighted by atomic mass is 9.78. The van der Waals surface area contributed by atoms with Gasteiger partial charge in [-0.1, -0.05) is 24.3 Å². The maximum Gasteiger partial charge on any atom is 0.494 e. The molecule has 1 aromatic rings. The van der Waals surface area contributed by atoms with Crippen molar-refractivity contribution >= 4 is 24.5 Å². The number of aliphatic carboxylic acids is 2. The van der Waals surface area contributed by atoms with Crippen LogP contribution < -0.4 is 5.46 Å². The summed E-state index contributed by atoms with van der Waals surface area (Å²) in [4.78, 5) is 20.0. The molecular formula is C17H25BO6. The second-order valence-electron chi connectivity index (χ2n) is 6.83. The zero-order chi connectivity index (χ0) is 18.7. The Labute approximate surface area is 142 Å². The van der Waals surface area contributed by atoms with Crippen LogP contribution in [-0.4, -0.2) is 40.5 Å². The Balaban J connectivity index is 0.000000648. The highest BCUT2D eigenvalue weighted by Gasteiger charge is 2.51. The van der Waals surface area contributed by atoms with Crippen LogP contribution in [0.4, 0.5) is 0 Å². The summed E-state index contributed by atoms with van der Waals surface area (Å²) in [5.41, 5.74) is 0.942. The van der Waals surface area contributed by atoms with E-state index in [0.717, 1.165) is 17.9 Å². The number of hydrogen-bond acceptors (Lipinski definition) is 4. The molecule has 0 radical (unpaired) electrons. The van der Waals surface area contributed by atoms with Gasteiger partial charge in [0.2, 0.25) is 0 Å². The maximum atomic E-state index is 11.0. The van der Waals surface area contributed by atoms with Crippen LogP contribution in [0, 0.1) is 0 Å². The Bertz CT molecular complexity index is 574. The van der Waals surface area contributed by atoms with Crippen molar-refractivity contribution in [3.63, 3.8) is 0 Å². The molecule has 2 rings (SSSR count). The topological polar surface area (TPSA) is 93.1 Å². The van der Waals surface area contributed by atoms with Gasteiger partial charge in [0.1, 0.15) is 0 Å². The number of rotatable bonds is 3. The van der Waals surface area contributed by atoms with Gasteiger partial charge in [-0.05, 0) is 45.6 Å². The Kier molecular flexibility index (Phi) is 6.19. The monoisotopic (exact) mass is 336 g/mol. The van der Waals surface area contributed by atoms with Crippen molar-refractivity contribution in [2.45, 2.75) is 58.7 Å². The molecule has 1 unspecified atom stereocenters. The molecule has 1 saturated heterocycles. The SMILES string of the molecule is CC(=O)O.CC(C(=O)O)c1ccc(B2OC(C)(C)C(C)(C)O2)cc1. The summed E-state index contributed by atoms with van der Waals surface area (Å²) in [5, 5.41) is 16.4. The fraction of sp³-hybridized carbons (Fsp3) is 0.529. The maximum absolute atomic E-state index is 11.0. The number of carboxylic acids is 2.